The highest BCUT2D eigenvalue weighted by atomic mass is 32.2. The fourth-order valence-electron chi connectivity index (χ4n) is 4.22. The van der Waals surface area contributed by atoms with Crippen molar-refractivity contribution in [2.75, 3.05) is 6.54 Å². The van der Waals surface area contributed by atoms with E-state index >= 15 is 0 Å². The molecule has 2 heterocycles. The lowest BCUT2D eigenvalue weighted by atomic mass is 10.1. The Labute approximate surface area is 209 Å². The van der Waals surface area contributed by atoms with Gasteiger partial charge in [-0.1, -0.05) is 91.5 Å². The summed E-state index contributed by atoms with van der Waals surface area (Å²) in [4.78, 5) is 37.8. The maximum absolute atomic E-state index is 13.5. The first-order valence-corrected chi connectivity index (χ1v) is 12.7. The number of hydrogen-bond donors (Lipinski definition) is 1. The van der Waals surface area contributed by atoms with Gasteiger partial charge in [0, 0.05) is 12.1 Å². The number of carbonyl (C=O) groups is 2. The lowest BCUT2D eigenvalue weighted by molar-refractivity contribution is -0.125. The lowest BCUT2D eigenvalue weighted by Gasteiger charge is -2.27. The van der Waals surface area contributed by atoms with Gasteiger partial charge in [0.2, 0.25) is 5.91 Å². The first-order chi connectivity index (χ1) is 17.2. The van der Waals surface area contributed by atoms with Gasteiger partial charge in [0.25, 0.3) is 5.91 Å². The van der Waals surface area contributed by atoms with E-state index in [0.717, 1.165) is 23.2 Å². The largest absolute Gasteiger partial charge is 0.355 e. The fourth-order valence-corrected chi connectivity index (χ4v) is 5.26. The summed E-state index contributed by atoms with van der Waals surface area (Å²) in [5.41, 5.74) is 3.60. The standard InChI is InChI=1S/C28H26N4O2S/c1-2-23(26(33)29-18-17-19-11-5-3-6-12-19)35-28-30-22-16-10-9-15-21(22)25-31-24(27(34)32(25)28)20-13-7-4-8-14-20/h3-16,23-24H,2,17-18H2,1H3,(H,29,33). The maximum atomic E-state index is 13.5. The molecule has 1 N–H and O–H groups in total. The molecular formula is C28H26N4O2S. The molecule has 2 aliphatic heterocycles. The highest BCUT2D eigenvalue weighted by molar-refractivity contribution is 8.15. The molecule has 3 aromatic rings. The average molecular weight is 483 g/mol. The molecule has 0 saturated heterocycles. The number of nitrogens with one attached hydrogen (secondary N) is 1. The maximum Gasteiger partial charge on any atom is 0.263 e. The summed E-state index contributed by atoms with van der Waals surface area (Å²) in [5, 5.41) is 3.17. The molecule has 7 heteroatoms. The Bertz CT molecular complexity index is 1290. The van der Waals surface area contributed by atoms with Crippen LogP contribution in [0.2, 0.25) is 0 Å². The van der Waals surface area contributed by atoms with Crippen LogP contribution in [0.1, 0.15) is 36.1 Å². The van der Waals surface area contributed by atoms with Gasteiger partial charge in [0.05, 0.1) is 10.9 Å². The van der Waals surface area contributed by atoms with Gasteiger partial charge < -0.3 is 5.32 Å². The minimum atomic E-state index is -0.622. The zero-order valence-corrected chi connectivity index (χ0v) is 20.2. The second-order valence-corrected chi connectivity index (χ2v) is 9.56. The van der Waals surface area contributed by atoms with Crippen LogP contribution in [0, 0.1) is 0 Å². The summed E-state index contributed by atoms with van der Waals surface area (Å²) in [6, 6.07) is 26.7. The van der Waals surface area contributed by atoms with Crippen LogP contribution in [0.25, 0.3) is 0 Å². The van der Waals surface area contributed by atoms with Crippen LogP contribution in [0.5, 0.6) is 0 Å². The van der Waals surface area contributed by atoms with Gasteiger partial charge in [-0.15, -0.1) is 0 Å². The van der Waals surface area contributed by atoms with E-state index in [1.165, 1.54) is 17.3 Å². The summed E-state index contributed by atoms with van der Waals surface area (Å²) in [6.07, 6.45) is 1.38. The Hall–Kier alpha value is -3.71. The normalized spacial score (nSPS) is 17.2. The summed E-state index contributed by atoms with van der Waals surface area (Å²) in [6.45, 7) is 2.53. The average Bonchev–Trinajstić information content (AvgIpc) is 3.26. The van der Waals surface area contributed by atoms with Crippen molar-refractivity contribution in [2.24, 2.45) is 9.98 Å². The molecule has 0 aliphatic carbocycles. The Morgan fingerprint density at radius 1 is 1.00 bits per heavy atom. The van der Waals surface area contributed by atoms with Gasteiger partial charge in [-0.05, 0) is 36.1 Å². The van der Waals surface area contributed by atoms with Crippen molar-refractivity contribution in [3.8, 4) is 0 Å². The van der Waals surface area contributed by atoms with Crippen LogP contribution in [-0.4, -0.2) is 39.5 Å². The van der Waals surface area contributed by atoms with Crippen molar-refractivity contribution in [1.29, 1.82) is 0 Å². The van der Waals surface area contributed by atoms with E-state index in [1.54, 1.807) is 4.90 Å². The molecule has 0 fully saturated rings. The van der Waals surface area contributed by atoms with Crippen LogP contribution >= 0.6 is 11.8 Å². The summed E-state index contributed by atoms with van der Waals surface area (Å²) >= 11 is 1.32. The molecule has 0 spiro atoms. The first kappa shape index (κ1) is 23.1. The summed E-state index contributed by atoms with van der Waals surface area (Å²) in [7, 11) is 0. The summed E-state index contributed by atoms with van der Waals surface area (Å²) in [5.74, 6) is 0.391. The van der Waals surface area contributed by atoms with Crippen molar-refractivity contribution < 1.29 is 9.59 Å². The molecule has 2 aliphatic rings. The number of para-hydroxylation sites is 1. The van der Waals surface area contributed by atoms with E-state index in [4.69, 9.17) is 9.98 Å². The molecule has 2 atom stereocenters. The quantitative estimate of drug-likeness (QED) is 0.521. The monoisotopic (exact) mass is 482 g/mol. The van der Waals surface area contributed by atoms with E-state index in [0.29, 0.717) is 24.0 Å². The van der Waals surface area contributed by atoms with Gasteiger partial charge >= 0.3 is 0 Å². The van der Waals surface area contributed by atoms with E-state index in [2.05, 4.69) is 17.4 Å². The number of amides is 2. The fraction of sp³-hybridized carbons (Fsp3) is 0.214. The molecule has 2 unspecified atom stereocenters. The Kier molecular flexibility index (Phi) is 6.77. The molecule has 176 valence electrons. The second-order valence-electron chi connectivity index (χ2n) is 8.39. The molecule has 2 amide bonds. The molecule has 3 aromatic carbocycles. The van der Waals surface area contributed by atoms with E-state index in [-0.39, 0.29) is 17.1 Å². The SMILES string of the molecule is CCC(SC1=Nc2ccccc2C2=NC(c3ccccc3)C(=O)N12)C(=O)NCCc1ccccc1. The zero-order valence-electron chi connectivity index (χ0n) is 19.4. The number of rotatable bonds is 7. The Balaban J connectivity index is 1.37. The van der Waals surface area contributed by atoms with Gasteiger partial charge in [0.1, 0.15) is 5.84 Å². The highest BCUT2D eigenvalue weighted by Gasteiger charge is 2.43. The molecule has 5 rings (SSSR count). The first-order valence-electron chi connectivity index (χ1n) is 11.8. The number of hydrogen-bond acceptors (Lipinski definition) is 5. The van der Waals surface area contributed by atoms with Crippen LogP contribution < -0.4 is 5.32 Å². The van der Waals surface area contributed by atoms with Gasteiger partial charge in [-0.25, -0.2) is 14.9 Å². The van der Waals surface area contributed by atoms with Gasteiger partial charge in [0.15, 0.2) is 11.2 Å². The molecule has 0 radical (unpaired) electrons. The summed E-state index contributed by atoms with van der Waals surface area (Å²) < 4.78 is 0. The van der Waals surface area contributed by atoms with E-state index in [1.807, 2.05) is 79.7 Å². The number of fused-ring (bicyclic) bond motifs is 3. The smallest absolute Gasteiger partial charge is 0.263 e. The van der Waals surface area contributed by atoms with Crippen LogP contribution in [0.3, 0.4) is 0 Å². The van der Waals surface area contributed by atoms with Crippen molar-refractivity contribution in [3.05, 3.63) is 102 Å². The Morgan fingerprint density at radius 2 is 1.69 bits per heavy atom. The minimum Gasteiger partial charge on any atom is -0.355 e. The third-order valence-electron chi connectivity index (χ3n) is 6.05. The van der Waals surface area contributed by atoms with Gasteiger partial charge in [-0.3, -0.25) is 9.59 Å². The van der Waals surface area contributed by atoms with Crippen molar-refractivity contribution in [2.45, 2.75) is 31.1 Å². The van der Waals surface area contributed by atoms with E-state index in [9.17, 15) is 9.59 Å². The molecular weight excluding hydrogens is 456 g/mol. The number of amidine groups is 2. The van der Waals surface area contributed by atoms with Crippen molar-refractivity contribution in [3.63, 3.8) is 0 Å². The third-order valence-corrected chi connectivity index (χ3v) is 7.37. The topological polar surface area (TPSA) is 74.1 Å². The predicted molar refractivity (Wildman–Crippen MR) is 141 cm³/mol. The van der Waals surface area contributed by atoms with Crippen LogP contribution in [0.15, 0.2) is 94.9 Å². The highest BCUT2D eigenvalue weighted by Crippen LogP contribution is 2.38. The predicted octanol–water partition coefficient (Wildman–Crippen LogP) is 4.89. The molecule has 35 heavy (non-hydrogen) atoms. The van der Waals surface area contributed by atoms with Gasteiger partial charge in [-0.2, -0.15) is 0 Å². The van der Waals surface area contributed by atoms with Crippen molar-refractivity contribution in [1.82, 2.24) is 10.2 Å². The number of thioether (sulfide) groups is 1. The van der Waals surface area contributed by atoms with Crippen LogP contribution in [0.4, 0.5) is 5.69 Å². The molecule has 0 bridgehead atoms. The number of nitrogens with zero attached hydrogens (tertiary/aromatic N) is 3. The number of carbonyl (C=O) groups excluding carboxylic acids is 2. The van der Waals surface area contributed by atoms with Crippen LogP contribution in [-0.2, 0) is 16.0 Å². The lowest BCUT2D eigenvalue weighted by Crippen LogP contribution is -2.42. The molecule has 0 saturated carbocycles. The van der Waals surface area contributed by atoms with Crippen molar-refractivity contribution >= 4 is 40.3 Å². The number of benzene rings is 3. The zero-order chi connectivity index (χ0) is 24.2. The third kappa shape index (κ3) is 4.77. The molecule has 0 aromatic heterocycles. The Morgan fingerprint density at radius 3 is 2.43 bits per heavy atom. The minimum absolute atomic E-state index is 0.0558. The van der Waals surface area contributed by atoms with E-state index < -0.39 is 6.04 Å². The molecule has 6 nitrogen and oxygen atoms in total. The second kappa shape index (κ2) is 10.3. The number of aliphatic imine (C=N–C) groups is 2.